The average Bonchev–Trinajstić information content (AvgIpc) is 2.72. The summed E-state index contributed by atoms with van der Waals surface area (Å²) in [5.41, 5.74) is 2.14. The van der Waals surface area contributed by atoms with E-state index in [9.17, 15) is 9.59 Å². The Hall–Kier alpha value is -2.76. The Labute approximate surface area is 160 Å². The number of aromatic nitrogens is 2. The highest BCUT2D eigenvalue weighted by Gasteiger charge is 2.29. The van der Waals surface area contributed by atoms with Gasteiger partial charge in [-0.05, 0) is 43.0 Å². The monoisotopic (exact) mass is 366 g/mol. The van der Waals surface area contributed by atoms with Crippen LogP contribution in [0.4, 0.5) is 0 Å². The zero-order chi connectivity index (χ0) is 18.9. The van der Waals surface area contributed by atoms with Crippen LogP contribution in [0.3, 0.4) is 0 Å². The molecule has 1 fully saturated rings. The summed E-state index contributed by atoms with van der Waals surface area (Å²) in [4.78, 5) is 34.8. The van der Waals surface area contributed by atoms with Crippen molar-refractivity contribution in [2.75, 3.05) is 19.6 Å². The third-order valence-corrected chi connectivity index (χ3v) is 4.90. The van der Waals surface area contributed by atoms with Gasteiger partial charge in [-0.15, -0.1) is 0 Å². The smallest absolute Gasteiger partial charge is 0.224 e. The van der Waals surface area contributed by atoms with E-state index in [2.05, 4.69) is 15.3 Å². The number of hydrogen-bond donors (Lipinski definition) is 1. The molecule has 0 bridgehead atoms. The van der Waals surface area contributed by atoms with Crippen molar-refractivity contribution in [1.82, 2.24) is 20.2 Å². The highest BCUT2D eigenvalue weighted by Crippen LogP contribution is 2.18. The van der Waals surface area contributed by atoms with Crippen LogP contribution < -0.4 is 5.32 Å². The van der Waals surface area contributed by atoms with Crippen LogP contribution in [0.5, 0.6) is 0 Å². The van der Waals surface area contributed by atoms with Gasteiger partial charge in [-0.2, -0.15) is 0 Å². The number of carbonyl (C=O) groups excluding carboxylic acids is 2. The van der Waals surface area contributed by atoms with E-state index in [4.69, 9.17) is 0 Å². The number of amides is 2. The van der Waals surface area contributed by atoms with Gasteiger partial charge in [0.15, 0.2) is 0 Å². The standard InChI is InChI=1S/C21H26N4O2/c26-20-9-8-18(16-25(20)14-10-19-7-1-2-12-23-19)21(27)24-13-4-6-17-5-3-11-22-15-17/h1-3,5,7,11-12,15,18H,4,6,8-10,13-14,16H2,(H,24,27)/t18-/m1/s1. The van der Waals surface area contributed by atoms with E-state index in [0.29, 0.717) is 38.9 Å². The SMILES string of the molecule is O=C(NCCCc1cccnc1)[C@@H]1CCC(=O)N(CCc2ccccn2)C1. The number of aryl methyl sites for hydroxylation is 1. The first kappa shape index (κ1) is 19.0. The number of hydrogen-bond acceptors (Lipinski definition) is 4. The molecule has 3 heterocycles. The summed E-state index contributed by atoms with van der Waals surface area (Å²) in [6.45, 7) is 1.76. The van der Waals surface area contributed by atoms with Crippen molar-refractivity contribution in [1.29, 1.82) is 0 Å². The summed E-state index contributed by atoms with van der Waals surface area (Å²) in [6.07, 6.45) is 8.94. The lowest BCUT2D eigenvalue weighted by atomic mass is 9.96. The van der Waals surface area contributed by atoms with Crippen LogP contribution in [0.25, 0.3) is 0 Å². The lowest BCUT2D eigenvalue weighted by molar-refractivity contribution is -0.138. The second kappa shape index (κ2) is 9.80. The minimum Gasteiger partial charge on any atom is -0.356 e. The van der Waals surface area contributed by atoms with Gasteiger partial charge in [-0.25, -0.2) is 0 Å². The van der Waals surface area contributed by atoms with Crippen LogP contribution in [0.1, 0.15) is 30.5 Å². The predicted molar refractivity (Wildman–Crippen MR) is 103 cm³/mol. The number of piperidine rings is 1. The molecule has 1 N–H and O–H groups in total. The Morgan fingerprint density at radius 3 is 2.89 bits per heavy atom. The van der Waals surface area contributed by atoms with Crippen molar-refractivity contribution in [2.45, 2.75) is 32.1 Å². The lowest BCUT2D eigenvalue weighted by Crippen LogP contribution is -2.46. The third kappa shape index (κ3) is 5.88. The van der Waals surface area contributed by atoms with Gasteiger partial charge in [0.25, 0.3) is 0 Å². The molecule has 1 aliphatic rings. The Morgan fingerprint density at radius 1 is 1.19 bits per heavy atom. The van der Waals surface area contributed by atoms with E-state index in [1.807, 2.05) is 36.5 Å². The first-order valence-electron chi connectivity index (χ1n) is 9.56. The molecule has 2 amide bonds. The van der Waals surface area contributed by atoms with Crippen molar-refractivity contribution in [2.24, 2.45) is 5.92 Å². The van der Waals surface area contributed by atoms with Gasteiger partial charge in [0.1, 0.15) is 0 Å². The fourth-order valence-electron chi connectivity index (χ4n) is 3.33. The van der Waals surface area contributed by atoms with Crippen molar-refractivity contribution < 1.29 is 9.59 Å². The van der Waals surface area contributed by atoms with E-state index in [1.165, 1.54) is 5.56 Å². The van der Waals surface area contributed by atoms with Crippen LogP contribution in [0.15, 0.2) is 48.9 Å². The first-order chi connectivity index (χ1) is 13.2. The van der Waals surface area contributed by atoms with Crippen molar-refractivity contribution in [3.05, 3.63) is 60.2 Å². The molecule has 1 atom stereocenters. The minimum atomic E-state index is -0.121. The average molecular weight is 366 g/mol. The Kier molecular flexibility index (Phi) is 6.90. The largest absolute Gasteiger partial charge is 0.356 e. The van der Waals surface area contributed by atoms with Crippen molar-refractivity contribution in [3.63, 3.8) is 0 Å². The summed E-state index contributed by atoms with van der Waals surface area (Å²) < 4.78 is 0. The van der Waals surface area contributed by atoms with Crippen LogP contribution in [-0.2, 0) is 22.4 Å². The topological polar surface area (TPSA) is 75.2 Å². The second-order valence-electron chi connectivity index (χ2n) is 6.90. The van der Waals surface area contributed by atoms with E-state index >= 15 is 0 Å². The Morgan fingerprint density at radius 2 is 2.11 bits per heavy atom. The number of rotatable bonds is 8. The fourth-order valence-corrected chi connectivity index (χ4v) is 3.33. The van der Waals surface area contributed by atoms with Gasteiger partial charge >= 0.3 is 0 Å². The van der Waals surface area contributed by atoms with Gasteiger partial charge in [-0.1, -0.05) is 12.1 Å². The van der Waals surface area contributed by atoms with Crippen LogP contribution in [0.2, 0.25) is 0 Å². The zero-order valence-corrected chi connectivity index (χ0v) is 15.5. The molecule has 6 nitrogen and oxygen atoms in total. The molecule has 27 heavy (non-hydrogen) atoms. The van der Waals surface area contributed by atoms with Gasteiger partial charge in [0.05, 0.1) is 5.92 Å². The number of likely N-dealkylation sites (tertiary alicyclic amines) is 1. The quantitative estimate of drug-likeness (QED) is 0.725. The van der Waals surface area contributed by atoms with E-state index in [1.54, 1.807) is 17.3 Å². The third-order valence-electron chi connectivity index (χ3n) is 4.90. The normalized spacial score (nSPS) is 17.0. The molecule has 0 radical (unpaired) electrons. The van der Waals surface area contributed by atoms with Crippen LogP contribution in [-0.4, -0.2) is 46.3 Å². The maximum absolute atomic E-state index is 12.5. The van der Waals surface area contributed by atoms with E-state index in [-0.39, 0.29) is 17.7 Å². The molecule has 0 spiro atoms. The molecule has 0 unspecified atom stereocenters. The molecule has 6 heteroatoms. The van der Waals surface area contributed by atoms with Crippen LogP contribution >= 0.6 is 0 Å². The summed E-state index contributed by atoms with van der Waals surface area (Å²) >= 11 is 0. The first-order valence-corrected chi connectivity index (χ1v) is 9.56. The molecular weight excluding hydrogens is 340 g/mol. The molecule has 2 aromatic heterocycles. The minimum absolute atomic E-state index is 0.0523. The number of pyridine rings is 2. The maximum atomic E-state index is 12.5. The summed E-state index contributed by atoms with van der Waals surface area (Å²) in [5.74, 6) is 0.0629. The molecular formula is C21H26N4O2. The van der Waals surface area contributed by atoms with Gasteiger partial charge in [-0.3, -0.25) is 19.6 Å². The Bertz CT molecular complexity index is 736. The molecule has 0 aliphatic carbocycles. The molecule has 142 valence electrons. The van der Waals surface area contributed by atoms with Crippen molar-refractivity contribution >= 4 is 11.8 Å². The van der Waals surface area contributed by atoms with Crippen molar-refractivity contribution in [3.8, 4) is 0 Å². The summed E-state index contributed by atoms with van der Waals surface area (Å²) in [7, 11) is 0. The summed E-state index contributed by atoms with van der Waals surface area (Å²) in [5, 5.41) is 3.02. The highest BCUT2D eigenvalue weighted by atomic mass is 16.2. The summed E-state index contributed by atoms with van der Waals surface area (Å²) in [6, 6.07) is 9.75. The molecule has 1 saturated heterocycles. The predicted octanol–water partition coefficient (Wildman–Crippen LogP) is 2.01. The molecule has 2 aromatic rings. The molecule has 0 saturated carbocycles. The van der Waals surface area contributed by atoms with Gasteiger partial charge in [0, 0.05) is 56.8 Å². The number of nitrogens with zero attached hydrogens (tertiary/aromatic N) is 3. The highest BCUT2D eigenvalue weighted by molar-refractivity contribution is 5.83. The van der Waals surface area contributed by atoms with E-state index in [0.717, 1.165) is 18.5 Å². The molecule has 0 aromatic carbocycles. The van der Waals surface area contributed by atoms with Gasteiger partial charge < -0.3 is 10.2 Å². The Balaban J connectivity index is 1.41. The zero-order valence-electron chi connectivity index (χ0n) is 15.5. The fraction of sp³-hybridized carbons (Fsp3) is 0.429. The number of carbonyl (C=O) groups is 2. The van der Waals surface area contributed by atoms with Gasteiger partial charge in [0.2, 0.25) is 11.8 Å². The maximum Gasteiger partial charge on any atom is 0.224 e. The second-order valence-corrected chi connectivity index (χ2v) is 6.90. The van der Waals surface area contributed by atoms with E-state index < -0.39 is 0 Å². The van der Waals surface area contributed by atoms with Crippen LogP contribution in [0, 0.1) is 5.92 Å². The number of nitrogens with one attached hydrogen (secondary N) is 1. The molecule has 1 aliphatic heterocycles. The molecule has 3 rings (SSSR count). The lowest BCUT2D eigenvalue weighted by Gasteiger charge is -2.32.